The zero-order valence-corrected chi connectivity index (χ0v) is 11.2. The highest BCUT2D eigenvalue weighted by molar-refractivity contribution is 7.89. The summed E-state index contributed by atoms with van der Waals surface area (Å²) in [5, 5.41) is 8.26. The van der Waals surface area contributed by atoms with Crippen LogP contribution in [0, 0.1) is 5.92 Å². The largest absolute Gasteiger partial charge is 0.395 e. The summed E-state index contributed by atoms with van der Waals surface area (Å²) in [6, 6.07) is 0.121. The molecule has 5 heteroatoms. The van der Waals surface area contributed by atoms with Crippen LogP contribution in [0.5, 0.6) is 0 Å². The second-order valence-electron chi connectivity index (χ2n) is 4.97. The molecule has 0 aliphatic heterocycles. The van der Waals surface area contributed by atoms with Crippen LogP contribution < -0.4 is 0 Å². The van der Waals surface area contributed by atoms with Gasteiger partial charge in [0.15, 0.2) is 0 Å². The molecule has 1 atom stereocenters. The molecule has 0 aromatic rings. The van der Waals surface area contributed by atoms with Gasteiger partial charge in [-0.25, -0.2) is 12.7 Å². The first-order valence-electron chi connectivity index (χ1n) is 5.97. The summed E-state index contributed by atoms with van der Waals surface area (Å²) in [5.74, 6) is 0.711. The minimum Gasteiger partial charge on any atom is -0.395 e. The highest BCUT2D eigenvalue weighted by Crippen LogP contribution is 2.28. The van der Waals surface area contributed by atoms with E-state index in [-0.39, 0.29) is 12.6 Å². The lowest BCUT2D eigenvalue weighted by atomic mass is 9.87. The predicted octanol–water partition coefficient (Wildman–Crippen LogP) is 1.21. The van der Waals surface area contributed by atoms with Crippen molar-refractivity contribution in [2.45, 2.75) is 50.8 Å². The van der Waals surface area contributed by atoms with Crippen molar-refractivity contribution < 1.29 is 13.5 Å². The van der Waals surface area contributed by atoms with E-state index in [0.29, 0.717) is 5.92 Å². The number of hydrogen-bond donors (Lipinski definition) is 1. The zero-order chi connectivity index (χ0) is 12.3. The van der Waals surface area contributed by atoms with Crippen molar-refractivity contribution in [2.75, 3.05) is 13.7 Å². The van der Waals surface area contributed by atoms with Crippen molar-refractivity contribution in [1.82, 2.24) is 4.31 Å². The summed E-state index contributed by atoms with van der Waals surface area (Å²) in [4.78, 5) is 0. The van der Waals surface area contributed by atoms with Gasteiger partial charge in [-0.3, -0.25) is 0 Å². The van der Waals surface area contributed by atoms with Gasteiger partial charge < -0.3 is 5.11 Å². The van der Waals surface area contributed by atoms with E-state index in [0.717, 1.165) is 25.7 Å². The number of nitrogens with zero attached hydrogens (tertiary/aromatic N) is 1. The lowest BCUT2D eigenvalue weighted by Gasteiger charge is -2.34. The maximum atomic E-state index is 12.0. The summed E-state index contributed by atoms with van der Waals surface area (Å²) < 4.78 is 25.5. The molecule has 1 rings (SSSR count). The van der Waals surface area contributed by atoms with Crippen LogP contribution in [0.2, 0.25) is 0 Å². The Kier molecular flexibility index (Phi) is 4.76. The molecule has 96 valence electrons. The fourth-order valence-electron chi connectivity index (χ4n) is 2.19. The summed E-state index contributed by atoms with van der Waals surface area (Å²) in [6.45, 7) is 3.45. The first-order valence-corrected chi connectivity index (χ1v) is 7.47. The van der Waals surface area contributed by atoms with Gasteiger partial charge in [-0.05, 0) is 38.5 Å². The van der Waals surface area contributed by atoms with Crippen LogP contribution in [0.3, 0.4) is 0 Å². The van der Waals surface area contributed by atoms with E-state index in [1.807, 2.05) is 0 Å². The molecule has 0 radical (unpaired) electrons. The third-order valence-corrected chi connectivity index (χ3v) is 5.93. The number of hydrogen-bond acceptors (Lipinski definition) is 3. The quantitative estimate of drug-likeness (QED) is 0.814. The maximum absolute atomic E-state index is 12.0. The second kappa shape index (κ2) is 5.47. The van der Waals surface area contributed by atoms with Crippen molar-refractivity contribution in [3.05, 3.63) is 0 Å². The molecule has 0 aromatic heterocycles. The standard InChI is InChI=1S/C11H23NO3S/c1-9-4-6-11(7-5-9)12(3)16(14,15)10(2)8-13/h9-11,13H,4-8H2,1-3H3. The van der Waals surface area contributed by atoms with E-state index in [9.17, 15) is 8.42 Å². The smallest absolute Gasteiger partial charge is 0.218 e. The van der Waals surface area contributed by atoms with Crippen molar-refractivity contribution in [2.24, 2.45) is 5.92 Å². The van der Waals surface area contributed by atoms with E-state index < -0.39 is 15.3 Å². The number of sulfonamides is 1. The Labute approximate surface area is 98.7 Å². The molecule has 1 aliphatic rings. The van der Waals surface area contributed by atoms with Crippen LogP contribution in [0.1, 0.15) is 39.5 Å². The highest BCUT2D eigenvalue weighted by atomic mass is 32.2. The molecule has 0 bridgehead atoms. The average molecular weight is 249 g/mol. The molecule has 0 aromatic carbocycles. The summed E-state index contributed by atoms with van der Waals surface area (Å²) in [7, 11) is -1.68. The molecule has 1 aliphatic carbocycles. The highest BCUT2D eigenvalue weighted by Gasteiger charge is 2.32. The van der Waals surface area contributed by atoms with Gasteiger partial charge in [0.05, 0.1) is 11.9 Å². The topological polar surface area (TPSA) is 57.6 Å². The van der Waals surface area contributed by atoms with Gasteiger partial charge in [-0.15, -0.1) is 0 Å². The third kappa shape index (κ3) is 2.96. The number of aliphatic hydroxyl groups is 1. The monoisotopic (exact) mass is 249 g/mol. The lowest BCUT2D eigenvalue weighted by Crippen LogP contribution is -2.44. The first kappa shape index (κ1) is 13.9. The van der Waals surface area contributed by atoms with E-state index in [2.05, 4.69) is 6.92 Å². The first-order chi connectivity index (χ1) is 7.39. The Morgan fingerprint density at radius 3 is 2.25 bits per heavy atom. The Balaban J connectivity index is 2.67. The summed E-state index contributed by atoms with van der Waals surface area (Å²) >= 11 is 0. The Hall–Kier alpha value is -0.130. The van der Waals surface area contributed by atoms with Gasteiger partial charge in [0.25, 0.3) is 0 Å². The van der Waals surface area contributed by atoms with Gasteiger partial charge in [0.1, 0.15) is 0 Å². The lowest BCUT2D eigenvalue weighted by molar-refractivity contribution is 0.238. The summed E-state index contributed by atoms with van der Waals surface area (Å²) in [6.07, 6.45) is 4.07. The van der Waals surface area contributed by atoms with Crippen LogP contribution in [0.15, 0.2) is 0 Å². The zero-order valence-electron chi connectivity index (χ0n) is 10.4. The SMILES string of the molecule is CC1CCC(N(C)S(=O)(=O)C(C)CO)CC1. The van der Waals surface area contributed by atoms with Gasteiger partial charge in [-0.1, -0.05) is 6.92 Å². The number of rotatable bonds is 4. The Morgan fingerprint density at radius 2 is 1.81 bits per heavy atom. The van der Waals surface area contributed by atoms with Crippen LogP contribution in [0.4, 0.5) is 0 Å². The van der Waals surface area contributed by atoms with Gasteiger partial charge >= 0.3 is 0 Å². The van der Waals surface area contributed by atoms with E-state index in [1.165, 1.54) is 4.31 Å². The molecule has 1 unspecified atom stereocenters. The molecule has 16 heavy (non-hydrogen) atoms. The normalized spacial score (nSPS) is 29.3. The van der Waals surface area contributed by atoms with E-state index in [1.54, 1.807) is 14.0 Å². The molecule has 0 heterocycles. The molecule has 1 fully saturated rings. The molecule has 1 N–H and O–H groups in total. The van der Waals surface area contributed by atoms with E-state index in [4.69, 9.17) is 5.11 Å². The molecule has 0 saturated heterocycles. The fourth-order valence-corrected chi connectivity index (χ4v) is 3.57. The maximum Gasteiger partial charge on any atom is 0.218 e. The minimum atomic E-state index is -3.32. The fraction of sp³-hybridized carbons (Fsp3) is 1.00. The molecular formula is C11H23NO3S. The van der Waals surface area contributed by atoms with Gasteiger partial charge in [0.2, 0.25) is 10.0 Å². The Bertz CT molecular complexity index is 307. The molecule has 4 nitrogen and oxygen atoms in total. The van der Waals surface area contributed by atoms with Crippen molar-refractivity contribution in [3.8, 4) is 0 Å². The van der Waals surface area contributed by atoms with Crippen LogP contribution in [-0.4, -0.2) is 42.8 Å². The Morgan fingerprint density at radius 1 is 1.31 bits per heavy atom. The third-order valence-electron chi connectivity index (χ3n) is 3.67. The predicted molar refractivity (Wildman–Crippen MR) is 64.7 cm³/mol. The van der Waals surface area contributed by atoms with Crippen LogP contribution in [-0.2, 0) is 10.0 Å². The van der Waals surface area contributed by atoms with E-state index >= 15 is 0 Å². The van der Waals surface area contributed by atoms with Gasteiger partial charge in [0, 0.05) is 13.1 Å². The van der Waals surface area contributed by atoms with Crippen molar-refractivity contribution >= 4 is 10.0 Å². The molecule has 0 spiro atoms. The van der Waals surface area contributed by atoms with Crippen LogP contribution >= 0.6 is 0 Å². The average Bonchev–Trinajstić information content (AvgIpc) is 2.28. The second-order valence-corrected chi connectivity index (χ2v) is 7.38. The van der Waals surface area contributed by atoms with Crippen molar-refractivity contribution in [3.63, 3.8) is 0 Å². The minimum absolute atomic E-state index is 0.121. The molecule has 1 saturated carbocycles. The van der Waals surface area contributed by atoms with Gasteiger partial charge in [-0.2, -0.15) is 0 Å². The summed E-state index contributed by atoms with van der Waals surface area (Å²) in [5.41, 5.74) is 0. The molecular weight excluding hydrogens is 226 g/mol. The number of aliphatic hydroxyl groups excluding tert-OH is 1. The van der Waals surface area contributed by atoms with Crippen molar-refractivity contribution in [1.29, 1.82) is 0 Å². The van der Waals surface area contributed by atoms with Crippen LogP contribution in [0.25, 0.3) is 0 Å². The molecule has 0 amide bonds.